The summed E-state index contributed by atoms with van der Waals surface area (Å²) in [5.41, 5.74) is -1.54. The maximum absolute atomic E-state index is 14.9. The van der Waals surface area contributed by atoms with Crippen molar-refractivity contribution in [1.82, 2.24) is 0 Å². The first-order chi connectivity index (χ1) is 13.9. The lowest BCUT2D eigenvalue weighted by Gasteiger charge is -2.25. The maximum Gasteiger partial charge on any atom is 0.380 e. The van der Waals surface area contributed by atoms with Gasteiger partial charge in [0.1, 0.15) is 0 Å². The van der Waals surface area contributed by atoms with Gasteiger partial charge in [-0.1, -0.05) is 30.3 Å². The van der Waals surface area contributed by atoms with Gasteiger partial charge in [-0.15, -0.1) is 22.7 Å². The number of allylic oxidation sites excluding steroid dienone is 2. The summed E-state index contributed by atoms with van der Waals surface area (Å²) in [5, 5.41) is 0. The highest BCUT2D eigenvalue weighted by atomic mass is 32.1. The molecule has 0 N–H and O–H groups in total. The van der Waals surface area contributed by atoms with E-state index in [0.717, 1.165) is 22.7 Å². The van der Waals surface area contributed by atoms with Crippen LogP contribution in [0.1, 0.15) is 25.8 Å². The minimum absolute atomic E-state index is 0.256. The Bertz CT molecular complexity index is 1130. The van der Waals surface area contributed by atoms with Crippen LogP contribution in [0.25, 0.3) is 21.6 Å². The number of aryl methyl sites for hydroxylation is 3. The van der Waals surface area contributed by atoms with E-state index in [-0.39, 0.29) is 15.3 Å². The highest BCUT2D eigenvalue weighted by molar-refractivity contribution is 7.15. The summed E-state index contributed by atoms with van der Waals surface area (Å²) in [4.78, 5) is 1.18. The largest absolute Gasteiger partial charge is 0.380 e. The van der Waals surface area contributed by atoms with E-state index >= 15 is 0 Å². The van der Waals surface area contributed by atoms with Crippen LogP contribution in [0.2, 0.25) is 0 Å². The number of benzene rings is 1. The van der Waals surface area contributed by atoms with Crippen molar-refractivity contribution < 1.29 is 26.3 Å². The minimum atomic E-state index is -5.53. The fraction of sp³-hybridized carbons (Fsp3) is 0.273. The van der Waals surface area contributed by atoms with Gasteiger partial charge < -0.3 is 0 Å². The van der Waals surface area contributed by atoms with E-state index in [0.29, 0.717) is 20.9 Å². The molecule has 0 atom stereocenters. The van der Waals surface area contributed by atoms with Crippen molar-refractivity contribution in [3.63, 3.8) is 0 Å². The molecule has 0 amide bonds. The summed E-state index contributed by atoms with van der Waals surface area (Å²) in [6, 6.07) is 11.3. The molecule has 0 radical (unpaired) electrons. The van der Waals surface area contributed by atoms with Crippen LogP contribution in [0.15, 0.2) is 42.5 Å². The van der Waals surface area contributed by atoms with Crippen molar-refractivity contribution in [2.75, 3.05) is 0 Å². The van der Waals surface area contributed by atoms with E-state index < -0.39 is 28.9 Å². The summed E-state index contributed by atoms with van der Waals surface area (Å²) >= 11 is 1.93. The number of rotatable bonds is 3. The zero-order valence-electron chi connectivity index (χ0n) is 16.1. The average molecular weight is 458 g/mol. The van der Waals surface area contributed by atoms with Crippen LogP contribution >= 0.6 is 22.7 Å². The Morgan fingerprint density at radius 3 is 1.80 bits per heavy atom. The summed E-state index contributed by atoms with van der Waals surface area (Å²) < 4.78 is 88.3. The van der Waals surface area contributed by atoms with Gasteiger partial charge in [-0.05, 0) is 49.6 Å². The predicted molar refractivity (Wildman–Crippen MR) is 110 cm³/mol. The molecule has 2 heterocycles. The Hall–Kier alpha value is -2.06. The molecule has 158 valence electrons. The highest BCUT2D eigenvalue weighted by Crippen LogP contribution is 2.66. The van der Waals surface area contributed by atoms with Crippen LogP contribution in [-0.2, 0) is 0 Å². The van der Waals surface area contributed by atoms with Crippen LogP contribution in [0.3, 0.4) is 0 Å². The Morgan fingerprint density at radius 1 is 0.667 bits per heavy atom. The number of hydrogen-bond donors (Lipinski definition) is 0. The van der Waals surface area contributed by atoms with Crippen molar-refractivity contribution in [3.8, 4) is 10.4 Å². The number of alkyl halides is 6. The van der Waals surface area contributed by atoms with Gasteiger partial charge in [0.05, 0.1) is 5.57 Å². The van der Waals surface area contributed by atoms with Gasteiger partial charge >= 0.3 is 17.8 Å². The molecule has 0 saturated heterocycles. The lowest BCUT2D eigenvalue weighted by molar-refractivity contribution is -0.254. The van der Waals surface area contributed by atoms with E-state index in [1.807, 2.05) is 0 Å². The summed E-state index contributed by atoms with van der Waals surface area (Å²) in [7, 11) is 0. The second kappa shape index (κ2) is 6.72. The molecular formula is C22H16F6S2. The second-order valence-electron chi connectivity index (χ2n) is 7.27. The fourth-order valence-electron chi connectivity index (χ4n) is 3.58. The molecule has 1 aliphatic carbocycles. The molecule has 0 bridgehead atoms. The van der Waals surface area contributed by atoms with Crippen molar-refractivity contribution >= 4 is 33.8 Å². The molecule has 1 aliphatic rings. The molecule has 0 unspecified atom stereocenters. The molecule has 0 spiro atoms. The molecular weight excluding hydrogens is 442 g/mol. The van der Waals surface area contributed by atoms with Crippen LogP contribution < -0.4 is 0 Å². The van der Waals surface area contributed by atoms with E-state index in [1.54, 1.807) is 44.2 Å². The zero-order chi connectivity index (χ0) is 22.1. The normalized spacial score (nSPS) is 19.5. The topological polar surface area (TPSA) is 0 Å². The van der Waals surface area contributed by atoms with Gasteiger partial charge in [0.25, 0.3) is 0 Å². The molecule has 0 nitrogen and oxygen atoms in total. The monoisotopic (exact) mass is 458 g/mol. The Balaban J connectivity index is 2.03. The van der Waals surface area contributed by atoms with Gasteiger partial charge in [0.15, 0.2) is 0 Å². The van der Waals surface area contributed by atoms with Gasteiger partial charge in [-0.25, -0.2) is 0 Å². The van der Waals surface area contributed by atoms with Gasteiger partial charge in [-0.3, -0.25) is 0 Å². The standard InChI is InChI=1S/C22H16F6S2/c1-11-9-17(29-12(11)2)19-18(20(23,24)22(27,28)21(19,25)26)15-10-16(30-13(15)3)14-7-5-4-6-8-14/h4-10H,1-3H3. The van der Waals surface area contributed by atoms with Crippen molar-refractivity contribution in [1.29, 1.82) is 0 Å². The van der Waals surface area contributed by atoms with Gasteiger partial charge in [0.2, 0.25) is 0 Å². The smallest absolute Gasteiger partial charge is 0.194 e. The fourth-order valence-corrected chi connectivity index (χ4v) is 5.73. The van der Waals surface area contributed by atoms with Crippen LogP contribution in [0.5, 0.6) is 0 Å². The van der Waals surface area contributed by atoms with Crippen molar-refractivity contribution in [2.24, 2.45) is 0 Å². The van der Waals surface area contributed by atoms with E-state index in [2.05, 4.69) is 0 Å². The van der Waals surface area contributed by atoms with Crippen LogP contribution in [-0.4, -0.2) is 17.8 Å². The Kier molecular flexibility index (Phi) is 4.74. The lowest BCUT2D eigenvalue weighted by Crippen LogP contribution is -2.48. The summed E-state index contributed by atoms with van der Waals surface area (Å²) in [5.74, 6) is -15.5. The third-order valence-corrected chi connectivity index (χ3v) is 7.59. The minimum Gasteiger partial charge on any atom is -0.194 e. The first-order valence-electron chi connectivity index (χ1n) is 9.02. The van der Waals surface area contributed by atoms with Crippen molar-refractivity contribution in [2.45, 2.75) is 38.5 Å². The van der Waals surface area contributed by atoms with Crippen LogP contribution in [0, 0.1) is 20.8 Å². The second-order valence-corrected chi connectivity index (χ2v) is 9.78. The number of thiophene rings is 2. The van der Waals surface area contributed by atoms with E-state index in [9.17, 15) is 26.3 Å². The first-order valence-corrected chi connectivity index (χ1v) is 10.6. The quantitative estimate of drug-likeness (QED) is 0.347. The summed E-state index contributed by atoms with van der Waals surface area (Å²) in [6.45, 7) is 4.74. The molecule has 3 aromatic rings. The molecule has 0 aliphatic heterocycles. The molecule has 30 heavy (non-hydrogen) atoms. The van der Waals surface area contributed by atoms with E-state index in [4.69, 9.17) is 0 Å². The van der Waals surface area contributed by atoms with Gasteiger partial charge in [0, 0.05) is 25.1 Å². The maximum atomic E-state index is 14.9. The molecule has 8 heteroatoms. The Labute approximate surface area is 177 Å². The molecule has 0 saturated carbocycles. The number of halogens is 6. The van der Waals surface area contributed by atoms with E-state index in [1.165, 1.54) is 19.1 Å². The number of hydrogen-bond acceptors (Lipinski definition) is 2. The zero-order valence-corrected chi connectivity index (χ0v) is 17.8. The van der Waals surface area contributed by atoms with Crippen LogP contribution in [0.4, 0.5) is 26.3 Å². The molecule has 0 fully saturated rings. The first kappa shape index (κ1) is 21.2. The third kappa shape index (κ3) is 2.80. The molecule has 4 rings (SSSR count). The Morgan fingerprint density at radius 2 is 1.23 bits per heavy atom. The molecule has 1 aromatic carbocycles. The SMILES string of the molecule is Cc1cc(C2=C(c3cc(-c4ccccc4)sc3C)C(F)(F)C(F)(F)C2(F)F)sc1C. The lowest BCUT2D eigenvalue weighted by atomic mass is 9.98. The van der Waals surface area contributed by atoms with Gasteiger partial charge in [-0.2, -0.15) is 26.3 Å². The average Bonchev–Trinajstić information content (AvgIpc) is 3.24. The van der Waals surface area contributed by atoms with Crippen molar-refractivity contribution in [3.05, 3.63) is 68.2 Å². The predicted octanol–water partition coefficient (Wildman–Crippen LogP) is 8.23. The third-order valence-electron chi connectivity index (χ3n) is 5.32. The summed E-state index contributed by atoms with van der Waals surface area (Å²) in [6.07, 6.45) is 0. The highest BCUT2D eigenvalue weighted by Gasteiger charge is 2.80. The molecule has 2 aromatic heterocycles.